The van der Waals surface area contributed by atoms with E-state index in [4.69, 9.17) is 5.11 Å². The average molecular weight is 261 g/mol. The molecule has 0 unspecified atom stereocenters. The molecular formula is C9H6BrFOS. The minimum atomic E-state index is -0.234. The molecule has 0 radical (unpaired) electrons. The van der Waals surface area contributed by atoms with Crippen LogP contribution in [0.15, 0.2) is 22.0 Å². The lowest BCUT2D eigenvalue weighted by molar-refractivity contribution is 0.283. The van der Waals surface area contributed by atoms with Gasteiger partial charge in [0.1, 0.15) is 5.82 Å². The Labute approximate surface area is 86.9 Å². The topological polar surface area (TPSA) is 20.2 Å². The lowest BCUT2D eigenvalue weighted by atomic mass is 10.2. The number of thiophene rings is 1. The van der Waals surface area contributed by atoms with Crippen molar-refractivity contribution >= 4 is 37.4 Å². The van der Waals surface area contributed by atoms with Crippen LogP contribution in [0.5, 0.6) is 0 Å². The molecule has 4 heteroatoms. The smallest absolute Gasteiger partial charge is 0.142 e. The molecule has 0 aliphatic carbocycles. The third-order valence-corrected chi connectivity index (χ3v) is 3.57. The molecule has 1 N–H and O–H groups in total. The van der Waals surface area contributed by atoms with Crippen LogP contribution >= 0.6 is 27.3 Å². The predicted molar refractivity (Wildman–Crippen MR) is 55.4 cm³/mol. The van der Waals surface area contributed by atoms with Crippen molar-refractivity contribution in [3.63, 3.8) is 0 Å². The van der Waals surface area contributed by atoms with Crippen molar-refractivity contribution in [3.8, 4) is 0 Å². The molecular weight excluding hydrogens is 255 g/mol. The van der Waals surface area contributed by atoms with Gasteiger partial charge in [0.2, 0.25) is 0 Å². The average Bonchev–Trinajstić information content (AvgIpc) is 2.50. The summed E-state index contributed by atoms with van der Waals surface area (Å²) in [4.78, 5) is 0. The summed E-state index contributed by atoms with van der Waals surface area (Å²) in [6, 6.07) is 3.55. The van der Waals surface area contributed by atoms with Gasteiger partial charge in [0, 0.05) is 19.9 Å². The van der Waals surface area contributed by atoms with E-state index in [0.29, 0.717) is 5.39 Å². The van der Waals surface area contributed by atoms with Gasteiger partial charge in [-0.05, 0) is 11.6 Å². The van der Waals surface area contributed by atoms with Crippen LogP contribution in [0.1, 0.15) is 5.56 Å². The van der Waals surface area contributed by atoms with E-state index in [1.165, 1.54) is 16.7 Å². The third kappa shape index (κ3) is 1.39. The lowest BCUT2D eigenvalue weighted by Crippen LogP contribution is -1.83. The molecule has 0 saturated heterocycles. The highest BCUT2D eigenvalue weighted by Gasteiger charge is 2.10. The molecule has 68 valence electrons. The largest absolute Gasteiger partial charge is 0.392 e. The van der Waals surface area contributed by atoms with Gasteiger partial charge in [0.05, 0.1) is 6.61 Å². The van der Waals surface area contributed by atoms with Crippen LogP contribution in [-0.2, 0) is 6.61 Å². The number of aliphatic hydroxyl groups is 1. The van der Waals surface area contributed by atoms with Gasteiger partial charge in [-0.1, -0.05) is 22.0 Å². The number of rotatable bonds is 1. The molecule has 2 rings (SSSR count). The Hall–Kier alpha value is -0.450. The van der Waals surface area contributed by atoms with Crippen LogP contribution in [-0.4, -0.2) is 5.11 Å². The van der Waals surface area contributed by atoms with Crippen LogP contribution in [0.4, 0.5) is 4.39 Å². The summed E-state index contributed by atoms with van der Waals surface area (Å²) < 4.78 is 14.8. The molecule has 1 aromatic heterocycles. The minimum Gasteiger partial charge on any atom is -0.392 e. The van der Waals surface area contributed by atoms with E-state index in [1.54, 1.807) is 12.1 Å². The summed E-state index contributed by atoms with van der Waals surface area (Å²) in [6.45, 7) is -0.0519. The van der Waals surface area contributed by atoms with Crippen LogP contribution in [0, 0.1) is 5.82 Å². The highest BCUT2D eigenvalue weighted by atomic mass is 79.9. The zero-order valence-electron chi connectivity index (χ0n) is 6.55. The molecule has 0 spiro atoms. The van der Waals surface area contributed by atoms with Crippen molar-refractivity contribution in [3.05, 3.63) is 33.4 Å². The third-order valence-electron chi connectivity index (χ3n) is 1.88. The van der Waals surface area contributed by atoms with Gasteiger partial charge in [0.25, 0.3) is 0 Å². The molecule has 1 aromatic carbocycles. The van der Waals surface area contributed by atoms with Crippen molar-refractivity contribution in [2.24, 2.45) is 0 Å². The summed E-state index contributed by atoms with van der Waals surface area (Å²) in [7, 11) is 0. The Bertz CT molecular complexity index is 452. The van der Waals surface area contributed by atoms with Gasteiger partial charge in [-0.2, -0.15) is 0 Å². The predicted octanol–water partition coefficient (Wildman–Crippen LogP) is 3.30. The summed E-state index contributed by atoms with van der Waals surface area (Å²) in [6.07, 6.45) is 0. The highest BCUT2D eigenvalue weighted by molar-refractivity contribution is 9.10. The van der Waals surface area contributed by atoms with Gasteiger partial charge >= 0.3 is 0 Å². The van der Waals surface area contributed by atoms with E-state index in [1.807, 2.05) is 0 Å². The second-order valence-electron chi connectivity index (χ2n) is 2.65. The lowest BCUT2D eigenvalue weighted by Gasteiger charge is -1.99. The van der Waals surface area contributed by atoms with Gasteiger partial charge in [0.15, 0.2) is 0 Å². The molecule has 0 aliphatic heterocycles. The van der Waals surface area contributed by atoms with E-state index in [2.05, 4.69) is 15.9 Å². The Balaban J connectivity index is 2.87. The van der Waals surface area contributed by atoms with Gasteiger partial charge in [-0.3, -0.25) is 0 Å². The molecule has 0 amide bonds. The molecule has 1 nitrogen and oxygen atoms in total. The maximum atomic E-state index is 13.2. The summed E-state index contributed by atoms with van der Waals surface area (Å²) >= 11 is 4.59. The molecule has 0 atom stereocenters. The first kappa shape index (κ1) is 9.12. The highest BCUT2D eigenvalue weighted by Crippen LogP contribution is 2.33. The fourth-order valence-electron chi connectivity index (χ4n) is 1.25. The molecule has 0 fully saturated rings. The van der Waals surface area contributed by atoms with Crippen molar-refractivity contribution < 1.29 is 9.50 Å². The van der Waals surface area contributed by atoms with Gasteiger partial charge < -0.3 is 5.11 Å². The number of halogens is 2. The van der Waals surface area contributed by atoms with Crippen molar-refractivity contribution in [2.75, 3.05) is 0 Å². The number of hydrogen-bond donors (Lipinski definition) is 1. The number of benzene rings is 1. The van der Waals surface area contributed by atoms with Crippen LogP contribution in [0.25, 0.3) is 10.1 Å². The zero-order valence-corrected chi connectivity index (χ0v) is 8.95. The Morgan fingerprint density at radius 2 is 2.23 bits per heavy atom. The first-order chi connectivity index (χ1) is 6.24. The quantitative estimate of drug-likeness (QED) is 0.835. The number of fused-ring (bicyclic) bond motifs is 1. The normalized spacial score (nSPS) is 11.0. The monoisotopic (exact) mass is 260 g/mol. The maximum Gasteiger partial charge on any atom is 0.142 e. The minimum absolute atomic E-state index is 0.0519. The summed E-state index contributed by atoms with van der Waals surface area (Å²) in [5.74, 6) is -0.234. The second kappa shape index (κ2) is 3.36. The standard InChI is InChI=1S/C9H6BrFOS/c10-6-2-1-5(3-12)9-8(6)7(11)4-13-9/h1-2,4,12H,3H2. The molecule has 0 saturated carbocycles. The van der Waals surface area contributed by atoms with E-state index >= 15 is 0 Å². The molecule has 2 aromatic rings. The van der Waals surface area contributed by atoms with Crippen molar-refractivity contribution in [2.45, 2.75) is 6.61 Å². The van der Waals surface area contributed by atoms with Crippen molar-refractivity contribution in [1.29, 1.82) is 0 Å². The molecule has 0 bridgehead atoms. The van der Waals surface area contributed by atoms with Gasteiger partial charge in [-0.15, -0.1) is 11.3 Å². The SMILES string of the molecule is OCc1ccc(Br)c2c(F)csc12. The Kier molecular flexibility index (Phi) is 2.36. The first-order valence-corrected chi connectivity index (χ1v) is 5.36. The molecule has 1 heterocycles. The van der Waals surface area contributed by atoms with Gasteiger partial charge in [-0.25, -0.2) is 4.39 Å². The summed E-state index contributed by atoms with van der Waals surface area (Å²) in [5.41, 5.74) is 0.770. The fourth-order valence-corrected chi connectivity index (χ4v) is 2.85. The van der Waals surface area contributed by atoms with E-state index < -0.39 is 0 Å². The van der Waals surface area contributed by atoms with Crippen molar-refractivity contribution in [1.82, 2.24) is 0 Å². The Morgan fingerprint density at radius 1 is 1.46 bits per heavy atom. The molecule has 0 aliphatic rings. The first-order valence-electron chi connectivity index (χ1n) is 3.69. The van der Waals surface area contributed by atoms with E-state index in [9.17, 15) is 4.39 Å². The zero-order chi connectivity index (χ0) is 9.42. The Morgan fingerprint density at radius 3 is 2.92 bits per heavy atom. The fraction of sp³-hybridized carbons (Fsp3) is 0.111. The number of aliphatic hydroxyl groups excluding tert-OH is 1. The molecule has 13 heavy (non-hydrogen) atoms. The number of hydrogen-bond acceptors (Lipinski definition) is 2. The van der Waals surface area contributed by atoms with E-state index in [-0.39, 0.29) is 12.4 Å². The maximum absolute atomic E-state index is 13.2. The van der Waals surface area contributed by atoms with Crippen LogP contribution in [0.3, 0.4) is 0 Å². The van der Waals surface area contributed by atoms with E-state index in [0.717, 1.165) is 14.7 Å². The van der Waals surface area contributed by atoms with Crippen LogP contribution in [0.2, 0.25) is 0 Å². The second-order valence-corrected chi connectivity index (χ2v) is 4.39. The van der Waals surface area contributed by atoms with Crippen LogP contribution < -0.4 is 0 Å². The summed E-state index contributed by atoms with van der Waals surface area (Å²) in [5, 5.41) is 11.0.